The highest BCUT2D eigenvalue weighted by Crippen LogP contribution is 2.10. The highest BCUT2D eigenvalue weighted by molar-refractivity contribution is 14.1. The van der Waals surface area contributed by atoms with Gasteiger partial charge >= 0.3 is 0 Å². The molecule has 100 valence electrons. The first-order valence-electron chi connectivity index (χ1n) is 5.71. The van der Waals surface area contributed by atoms with Gasteiger partial charge in [-0.25, -0.2) is 13.4 Å². The molecule has 0 saturated carbocycles. The molecule has 0 amide bonds. The predicted molar refractivity (Wildman–Crippen MR) is 84.5 cm³/mol. The van der Waals surface area contributed by atoms with Crippen LogP contribution in [0, 0.1) is 3.57 Å². The van der Waals surface area contributed by atoms with Crippen LogP contribution in [-0.2, 0) is 16.4 Å². The molecule has 0 unspecified atom stereocenters. The highest BCUT2D eigenvalue weighted by Gasteiger charge is 2.11. The normalized spacial score (nSPS) is 11.2. The fourth-order valence-electron chi connectivity index (χ4n) is 1.54. The molecule has 0 fully saturated rings. The average molecular weight is 388 g/mol. The quantitative estimate of drug-likeness (QED) is 0.802. The third-order valence-corrected chi connectivity index (χ3v) is 4.39. The molecule has 19 heavy (non-hydrogen) atoms. The molecule has 0 spiro atoms. The van der Waals surface area contributed by atoms with Crippen LogP contribution < -0.4 is 4.72 Å². The molecule has 0 bridgehead atoms. The summed E-state index contributed by atoms with van der Waals surface area (Å²) < 4.78 is 27.2. The molecular formula is C13H13IN2O2S. The van der Waals surface area contributed by atoms with Crippen molar-refractivity contribution in [1.82, 2.24) is 4.98 Å². The van der Waals surface area contributed by atoms with Crippen molar-refractivity contribution in [2.45, 2.75) is 6.42 Å². The summed E-state index contributed by atoms with van der Waals surface area (Å²) in [5.74, 6) is 0.401. The van der Waals surface area contributed by atoms with Crippen molar-refractivity contribution < 1.29 is 8.42 Å². The summed E-state index contributed by atoms with van der Waals surface area (Å²) in [6.07, 6.45) is 2.11. The lowest BCUT2D eigenvalue weighted by atomic mass is 10.2. The first kappa shape index (κ1) is 14.3. The van der Waals surface area contributed by atoms with Gasteiger partial charge < -0.3 is 0 Å². The summed E-state index contributed by atoms with van der Waals surface area (Å²) in [6, 6.07) is 13.0. The molecule has 0 aliphatic carbocycles. The van der Waals surface area contributed by atoms with E-state index in [2.05, 4.69) is 32.3 Å². The van der Waals surface area contributed by atoms with Crippen LogP contribution >= 0.6 is 22.6 Å². The number of anilines is 1. The maximum absolute atomic E-state index is 11.9. The molecule has 0 atom stereocenters. The summed E-state index contributed by atoms with van der Waals surface area (Å²) >= 11 is 2.12. The van der Waals surface area contributed by atoms with Crippen LogP contribution in [0.2, 0.25) is 0 Å². The number of hydrogen-bond acceptors (Lipinski definition) is 3. The second-order valence-corrected chi connectivity index (χ2v) is 7.11. The van der Waals surface area contributed by atoms with Crippen LogP contribution in [0.5, 0.6) is 0 Å². The summed E-state index contributed by atoms with van der Waals surface area (Å²) in [4.78, 5) is 4.02. The third kappa shape index (κ3) is 4.79. The fraction of sp³-hybridized carbons (Fsp3) is 0.154. The number of rotatable bonds is 5. The van der Waals surface area contributed by atoms with Gasteiger partial charge in [-0.15, -0.1) is 0 Å². The zero-order valence-corrected chi connectivity index (χ0v) is 13.1. The molecule has 1 aromatic carbocycles. The van der Waals surface area contributed by atoms with Crippen molar-refractivity contribution >= 4 is 38.4 Å². The SMILES string of the molecule is O=S(=O)(CCc1ccccc1)Nc1ccc(I)cn1. The number of pyridine rings is 1. The minimum atomic E-state index is -3.36. The van der Waals surface area contributed by atoms with Gasteiger partial charge in [0.1, 0.15) is 5.82 Å². The monoisotopic (exact) mass is 388 g/mol. The maximum Gasteiger partial charge on any atom is 0.234 e. The Kier molecular flexibility index (Phi) is 4.76. The third-order valence-electron chi connectivity index (χ3n) is 2.49. The van der Waals surface area contributed by atoms with Crippen molar-refractivity contribution in [3.05, 3.63) is 57.8 Å². The van der Waals surface area contributed by atoms with E-state index in [-0.39, 0.29) is 5.75 Å². The second-order valence-electron chi connectivity index (χ2n) is 4.02. The molecule has 1 aromatic heterocycles. The molecule has 6 heteroatoms. The van der Waals surface area contributed by atoms with Gasteiger partial charge in [0.25, 0.3) is 0 Å². The zero-order valence-electron chi connectivity index (χ0n) is 10.1. The number of hydrogen-bond donors (Lipinski definition) is 1. The zero-order chi connectivity index (χ0) is 13.7. The van der Waals surface area contributed by atoms with Gasteiger partial charge in [-0.3, -0.25) is 4.72 Å². The van der Waals surface area contributed by atoms with Gasteiger partial charge in [0.2, 0.25) is 10.0 Å². The second kappa shape index (κ2) is 6.33. The van der Waals surface area contributed by atoms with Gasteiger partial charge in [0.15, 0.2) is 0 Å². The average Bonchev–Trinajstić information content (AvgIpc) is 2.40. The molecule has 1 heterocycles. The predicted octanol–water partition coefficient (Wildman–Crippen LogP) is 2.67. The molecule has 0 aliphatic rings. The molecule has 1 N–H and O–H groups in total. The van der Waals surface area contributed by atoms with E-state index in [0.29, 0.717) is 12.2 Å². The highest BCUT2D eigenvalue weighted by atomic mass is 127. The van der Waals surface area contributed by atoms with Crippen molar-refractivity contribution in [2.75, 3.05) is 10.5 Å². The number of benzene rings is 1. The van der Waals surface area contributed by atoms with Crippen molar-refractivity contribution in [3.8, 4) is 0 Å². The lowest BCUT2D eigenvalue weighted by molar-refractivity contribution is 0.600. The fourth-order valence-corrected chi connectivity index (χ4v) is 2.91. The van der Waals surface area contributed by atoms with Crippen LogP contribution in [0.1, 0.15) is 5.56 Å². The van der Waals surface area contributed by atoms with E-state index in [1.807, 2.05) is 36.4 Å². The number of sulfonamides is 1. The van der Waals surface area contributed by atoms with Crippen molar-refractivity contribution in [3.63, 3.8) is 0 Å². The number of nitrogens with zero attached hydrogens (tertiary/aromatic N) is 1. The van der Waals surface area contributed by atoms with Crippen molar-refractivity contribution in [1.29, 1.82) is 0 Å². The standard InChI is InChI=1S/C13H13IN2O2S/c14-12-6-7-13(15-10-12)16-19(17,18)9-8-11-4-2-1-3-5-11/h1-7,10H,8-9H2,(H,15,16). The van der Waals surface area contributed by atoms with E-state index in [4.69, 9.17) is 0 Å². The number of halogens is 1. The molecule has 0 aliphatic heterocycles. The molecular weight excluding hydrogens is 375 g/mol. The first-order valence-corrected chi connectivity index (χ1v) is 8.44. The first-order chi connectivity index (χ1) is 9.05. The number of aromatic nitrogens is 1. The van der Waals surface area contributed by atoms with E-state index in [1.54, 1.807) is 12.3 Å². The van der Waals surface area contributed by atoms with Crippen LogP contribution in [0.4, 0.5) is 5.82 Å². The summed E-state index contributed by atoms with van der Waals surface area (Å²) in [5, 5.41) is 0. The van der Waals surface area contributed by atoms with Gasteiger partial charge in [-0.05, 0) is 46.7 Å². The Morgan fingerprint density at radius 2 is 1.84 bits per heavy atom. The molecule has 4 nitrogen and oxygen atoms in total. The Hall–Kier alpha value is -1.15. The van der Waals surface area contributed by atoms with E-state index in [0.717, 1.165) is 9.13 Å². The minimum absolute atomic E-state index is 0.0463. The molecule has 2 rings (SSSR count). The van der Waals surface area contributed by atoms with Crippen LogP contribution in [-0.4, -0.2) is 19.2 Å². The Bertz CT molecular complexity index is 627. The lowest BCUT2D eigenvalue weighted by Gasteiger charge is -2.07. The van der Waals surface area contributed by atoms with Crippen molar-refractivity contribution in [2.24, 2.45) is 0 Å². The maximum atomic E-state index is 11.9. The van der Waals surface area contributed by atoms with Crippen LogP contribution in [0.3, 0.4) is 0 Å². The summed E-state index contributed by atoms with van der Waals surface area (Å²) in [7, 11) is -3.36. The smallest absolute Gasteiger partial charge is 0.234 e. The number of nitrogens with one attached hydrogen (secondary N) is 1. The van der Waals surface area contributed by atoms with E-state index >= 15 is 0 Å². The van der Waals surface area contributed by atoms with Crippen LogP contribution in [0.25, 0.3) is 0 Å². The Morgan fingerprint density at radius 3 is 2.47 bits per heavy atom. The topological polar surface area (TPSA) is 59.1 Å². The Morgan fingerprint density at radius 1 is 1.11 bits per heavy atom. The Labute approximate surface area is 126 Å². The van der Waals surface area contributed by atoms with E-state index in [1.165, 1.54) is 0 Å². The van der Waals surface area contributed by atoms with Crippen LogP contribution in [0.15, 0.2) is 48.7 Å². The molecule has 2 aromatic rings. The van der Waals surface area contributed by atoms with Gasteiger partial charge in [0.05, 0.1) is 5.75 Å². The van der Waals surface area contributed by atoms with Gasteiger partial charge in [0, 0.05) is 9.77 Å². The summed E-state index contributed by atoms with van der Waals surface area (Å²) in [5.41, 5.74) is 1.00. The van der Waals surface area contributed by atoms with Gasteiger partial charge in [-0.2, -0.15) is 0 Å². The minimum Gasteiger partial charge on any atom is -0.267 e. The van der Waals surface area contributed by atoms with E-state index < -0.39 is 10.0 Å². The van der Waals surface area contributed by atoms with E-state index in [9.17, 15) is 8.42 Å². The molecule has 0 radical (unpaired) electrons. The number of aryl methyl sites for hydroxylation is 1. The molecule has 0 saturated heterocycles. The lowest BCUT2D eigenvalue weighted by Crippen LogP contribution is -2.18. The largest absolute Gasteiger partial charge is 0.267 e. The van der Waals surface area contributed by atoms with Gasteiger partial charge in [-0.1, -0.05) is 30.3 Å². The summed E-state index contributed by atoms with van der Waals surface area (Å²) in [6.45, 7) is 0. The Balaban J connectivity index is 1.97.